The Balaban J connectivity index is 1.21. The van der Waals surface area contributed by atoms with Gasteiger partial charge in [-0.15, -0.1) is 0 Å². The Morgan fingerprint density at radius 3 is 1.76 bits per heavy atom. The van der Waals surface area contributed by atoms with Crippen molar-refractivity contribution in [2.45, 2.75) is 145 Å². The van der Waals surface area contributed by atoms with Gasteiger partial charge in [0.05, 0.1) is 37.6 Å². The number of unbranched alkanes of at least 4 members (excludes halogenated alkanes) is 2. The summed E-state index contributed by atoms with van der Waals surface area (Å²) in [7, 11) is 0. The number of rotatable bonds is 17. The molecule has 4 aromatic rings. The summed E-state index contributed by atoms with van der Waals surface area (Å²) < 4.78 is 11.6. The average molecular weight is 1180 g/mol. The normalized spacial score (nSPS) is 27.0. The number of nitrogens with zero attached hydrogens (tertiary/aromatic N) is 2. The molecule has 460 valence electrons. The van der Waals surface area contributed by atoms with Crippen molar-refractivity contribution in [3.63, 3.8) is 0 Å². The number of aromatic hydroxyl groups is 1. The molecular formula is C60H78N8O17. The molecule has 6 unspecified atom stereocenters. The summed E-state index contributed by atoms with van der Waals surface area (Å²) in [6.45, 7) is 5.08. The summed E-state index contributed by atoms with van der Waals surface area (Å²) in [4.78, 5) is 103. The molecule has 0 aromatic heterocycles. The van der Waals surface area contributed by atoms with E-state index in [1.165, 1.54) is 31.2 Å². The lowest BCUT2D eigenvalue weighted by Crippen LogP contribution is -2.64. The van der Waals surface area contributed by atoms with Crippen LogP contribution in [0.2, 0.25) is 0 Å². The van der Waals surface area contributed by atoms with Crippen LogP contribution in [0.3, 0.4) is 0 Å². The third-order valence-electron chi connectivity index (χ3n) is 15.4. The molecule has 0 saturated carbocycles. The van der Waals surface area contributed by atoms with Crippen molar-refractivity contribution < 1.29 is 83.9 Å². The molecule has 3 saturated heterocycles. The number of phenols is 1. The number of aliphatic hydroxyl groups is 7. The van der Waals surface area contributed by atoms with Gasteiger partial charge in [0.15, 0.2) is 6.23 Å². The quantitative estimate of drug-likeness (QED) is 0.0567. The maximum atomic E-state index is 14.7. The SMILES string of the molecule is CCCCCOc1ccc(-c2ccc(-c3ccc(C(=O)N[C@@H]4C[C@@H](O)C(OCCN)NC(=O)C5[C@@H](O)[C@@H](C)CN5C(=O)C([C@@H](C)O)NC(=O)C([C@H](O)[C@@H](O)c5ccc(O)cc5)NC(=O)C5C[C@@H](O)CN5C(=O)C([C@@H](C)O)NC4=O)cc3)cc2)cc1. The summed E-state index contributed by atoms with van der Waals surface area (Å²) in [6.07, 6.45) is -12.8. The van der Waals surface area contributed by atoms with Crippen LogP contribution in [0.25, 0.3) is 22.3 Å². The van der Waals surface area contributed by atoms with Gasteiger partial charge in [-0.1, -0.05) is 87.4 Å². The van der Waals surface area contributed by atoms with E-state index in [9.17, 15) is 74.4 Å². The highest BCUT2D eigenvalue weighted by Gasteiger charge is 2.50. The predicted molar refractivity (Wildman–Crippen MR) is 306 cm³/mol. The minimum Gasteiger partial charge on any atom is -0.508 e. The fourth-order valence-electron chi connectivity index (χ4n) is 10.6. The fourth-order valence-corrected chi connectivity index (χ4v) is 10.6. The lowest BCUT2D eigenvalue weighted by Gasteiger charge is -2.34. The molecule has 3 aliphatic rings. The van der Waals surface area contributed by atoms with Gasteiger partial charge in [-0.05, 0) is 84.5 Å². The van der Waals surface area contributed by atoms with E-state index < -0.39 is 152 Å². The predicted octanol–water partition coefficient (Wildman–Crippen LogP) is -0.944. The van der Waals surface area contributed by atoms with Crippen molar-refractivity contribution in [3.05, 3.63) is 108 Å². The Morgan fingerprint density at radius 1 is 0.659 bits per heavy atom. The summed E-state index contributed by atoms with van der Waals surface area (Å²) in [5.74, 6) is -8.38. The zero-order valence-electron chi connectivity index (χ0n) is 47.7. The molecule has 25 heteroatoms. The highest BCUT2D eigenvalue weighted by atomic mass is 16.5. The van der Waals surface area contributed by atoms with E-state index in [0.29, 0.717) is 6.61 Å². The number of hydrogen-bond acceptors (Lipinski definition) is 18. The Labute approximate surface area is 491 Å². The minimum absolute atomic E-state index is 0.0332. The zero-order valence-corrected chi connectivity index (χ0v) is 47.7. The number of phenolic OH excluding ortho intramolecular Hbond substituents is 1. The molecule has 15 atom stereocenters. The number of nitrogens with two attached hydrogens (primary N) is 1. The Kier molecular flexibility index (Phi) is 22.5. The molecule has 3 fully saturated rings. The maximum Gasteiger partial charge on any atom is 0.251 e. The van der Waals surface area contributed by atoms with Crippen molar-refractivity contribution in [1.29, 1.82) is 0 Å². The largest absolute Gasteiger partial charge is 0.508 e. The van der Waals surface area contributed by atoms with Crippen molar-refractivity contribution in [2.24, 2.45) is 11.7 Å². The minimum atomic E-state index is -2.29. The van der Waals surface area contributed by atoms with Gasteiger partial charge in [0.25, 0.3) is 5.91 Å². The van der Waals surface area contributed by atoms with Crippen LogP contribution < -0.4 is 37.1 Å². The first-order valence-corrected chi connectivity index (χ1v) is 28.5. The maximum absolute atomic E-state index is 14.7. The Hall–Kier alpha value is -7.59. The first-order valence-electron chi connectivity index (χ1n) is 28.5. The molecule has 25 nitrogen and oxygen atoms in total. The number of aliphatic hydroxyl groups excluding tert-OH is 7. The smallest absolute Gasteiger partial charge is 0.251 e. The van der Waals surface area contributed by atoms with E-state index in [1.54, 1.807) is 12.1 Å². The molecule has 15 N–H and O–H groups in total. The van der Waals surface area contributed by atoms with Crippen molar-refractivity contribution in [1.82, 2.24) is 36.4 Å². The van der Waals surface area contributed by atoms with Crippen molar-refractivity contribution >= 4 is 41.4 Å². The van der Waals surface area contributed by atoms with Crippen LogP contribution in [-0.4, -0.2) is 204 Å². The Morgan fingerprint density at radius 2 is 1.20 bits per heavy atom. The topological polar surface area (TPSA) is 392 Å². The van der Waals surface area contributed by atoms with E-state index in [2.05, 4.69) is 33.5 Å². The molecule has 7 rings (SSSR count). The van der Waals surface area contributed by atoms with Crippen LogP contribution in [-0.2, 0) is 33.5 Å². The summed E-state index contributed by atoms with van der Waals surface area (Å²) >= 11 is 0. The van der Waals surface area contributed by atoms with Gasteiger partial charge in [-0.3, -0.25) is 33.6 Å². The molecule has 3 aliphatic heterocycles. The second kappa shape index (κ2) is 29.5. The number of amides is 7. The molecule has 85 heavy (non-hydrogen) atoms. The highest BCUT2D eigenvalue weighted by molar-refractivity contribution is 6.00. The lowest BCUT2D eigenvalue weighted by molar-refractivity contribution is -0.149. The van der Waals surface area contributed by atoms with E-state index in [4.69, 9.17) is 15.2 Å². The number of hydrogen-bond donors (Lipinski definition) is 14. The van der Waals surface area contributed by atoms with E-state index >= 15 is 0 Å². The van der Waals surface area contributed by atoms with E-state index in [0.717, 1.165) is 83.0 Å². The average Bonchev–Trinajstić information content (AvgIpc) is 3.51. The lowest BCUT2D eigenvalue weighted by atomic mass is 9.96. The molecule has 0 radical (unpaired) electrons. The summed E-state index contributed by atoms with van der Waals surface area (Å²) in [5.41, 5.74) is 9.20. The second-order valence-corrected chi connectivity index (χ2v) is 21.9. The number of nitrogens with one attached hydrogen (secondary N) is 5. The summed E-state index contributed by atoms with van der Waals surface area (Å²) in [6, 6.07) is 15.1. The van der Waals surface area contributed by atoms with Crippen LogP contribution >= 0.6 is 0 Å². The van der Waals surface area contributed by atoms with Gasteiger partial charge in [0.2, 0.25) is 35.4 Å². The molecule has 0 aliphatic carbocycles. The van der Waals surface area contributed by atoms with Gasteiger partial charge in [0, 0.05) is 44.0 Å². The number of fused-ring (bicyclic) bond motifs is 2. The van der Waals surface area contributed by atoms with E-state index in [1.807, 2.05) is 48.5 Å². The monoisotopic (exact) mass is 1180 g/mol. The van der Waals surface area contributed by atoms with E-state index in [-0.39, 0.29) is 36.6 Å². The van der Waals surface area contributed by atoms with Crippen LogP contribution in [0, 0.1) is 5.92 Å². The zero-order chi connectivity index (χ0) is 61.8. The van der Waals surface area contributed by atoms with Gasteiger partial charge in [0.1, 0.15) is 66.1 Å². The standard InChI is InChI=1S/C60H78N8O17/c1-5-6-7-25-84-42-22-18-37(19-23-42)35-10-8-34(9-11-35)36-12-14-39(15-13-36)53(77)62-43-28-45(73)58(85-26-24-61)66-57(81)49-50(74)31(2)29-68(49)60(83)47(33(4)70)64-56(80)48(52(76)51(75)38-16-20-40(71)21-17-38)65-55(79)44-27-41(72)30-67(44)59(82)46(32(3)69)63-54(43)78/h8-23,31-33,41,43-52,58,69-76H,5-7,24-30,61H2,1-4H3,(H,62,77)(H,63,78)(H,64,80)(H,65,79)(H,66,81)/t31-,32+,33+,41+,43+,44?,45+,46?,47?,48?,49?,50-,51-,52-,58?/m0/s1. The molecular weight excluding hydrogens is 1100 g/mol. The first-order chi connectivity index (χ1) is 40.5. The number of carbonyl (C=O) groups excluding carboxylic acids is 7. The number of ether oxygens (including phenoxy) is 2. The third-order valence-corrected chi connectivity index (χ3v) is 15.4. The molecule has 0 bridgehead atoms. The van der Waals surface area contributed by atoms with Crippen molar-refractivity contribution in [2.75, 3.05) is 32.8 Å². The number of benzene rings is 4. The van der Waals surface area contributed by atoms with Crippen LogP contribution in [0.15, 0.2) is 97.1 Å². The van der Waals surface area contributed by atoms with Gasteiger partial charge < -0.3 is 92.4 Å². The number of carbonyl (C=O) groups is 7. The molecule has 3 heterocycles. The second-order valence-electron chi connectivity index (χ2n) is 21.9. The van der Waals surface area contributed by atoms with Crippen LogP contribution in [0.4, 0.5) is 0 Å². The van der Waals surface area contributed by atoms with Gasteiger partial charge >= 0.3 is 0 Å². The van der Waals surface area contributed by atoms with Gasteiger partial charge in [-0.25, -0.2) is 0 Å². The summed E-state index contributed by atoms with van der Waals surface area (Å²) in [5, 5.41) is 102. The first kappa shape index (κ1) is 65.0. The van der Waals surface area contributed by atoms with Crippen LogP contribution in [0.1, 0.15) is 81.8 Å². The highest BCUT2D eigenvalue weighted by Crippen LogP contribution is 2.30. The molecule has 4 aromatic carbocycles. The van der Waals surface area contributed by atoms with Crippen LogP contribution in [0.5, 0.6) is 11.5 Å². The third kappa shape index (κ3) is 16.0. The fraction of sp³-hybridized carbons (Fsp3) is 0.483. The molecule has 0 spiro atoms. The van der Waals surface area contributed by atoms with Gasteiger partial charge in [-0.2, -0.15) is 0 Å². The van der Waals surface area contributed by atoms with Crippen molar-refractivity contribution in [3.8, 4) is 33.8 Å². The molecule has 7 amide bonds. The Bertz CT molecular complexity index is 2930.